The minimum atomic E-state index is -4.90. The highest BCUT2D eigenvalue weighted by atomic mass is 35.5. The van der Waals surface area contributed by atoms with Gasteiger partial charge in [-0.25, -0.2) is 25.3 Å². The number of halogens is 1. The van der Waals surface area contributed by atoms with Crippen molar-refractivity contribution in [2.24, 2.45) is 0 Å². The molecule has 8 nitrogen and oxygen atoms in total. The molecule has 0 unspecified atom stereocenters. The van der Waals surface area contributed by atoms with Crippen molar-refractivity contribution in [3.63, 3.8) is 0 Å². The van der Waals surface area contributed by atoms with Crippen LogP contribution in [0.4, 0.5) is 5.69 Å². The fourth-order valence-electron chi connectivity index (χ4n) is 4.18. The van der Waals surface area contributed by atoms with Gasteiger partial charge in [0.1, 0.15) is 10.6 Å². The molecule has 0 saturated carbocycles. The van der Waals surface area contributed by atoms with Crippen LogP contribution in [0.15, 0.2) is 135 Å². The van der Waals surface area contributed by atoms with Crippen molar-refractivity contribution in [2.45, 2.75) is 19.6 Å². The molecule has 0 bridgehead atoms. The van der Waals surface area contributed by atoms with Crippen molar-refractivity contribution in [3.8, 4) is 5.75 Å². The molecule has 40 heavy (non-hydrogen) atoms. The highest BCUT2D eigenvalue weighted by Gasteiger charge is 2.39. The molecule has 0 atom stereocenters. The smallest absolute Gasteiger partial charge is 0.277 e. The molecule has 0 radical (unpaired) electrons. The lowest BCUT2D eigenvalue weighted by molar-refractivity contribution is 0.465. The number of anilines is 1. The molecular weight excluding hydrogens is 594 g/mol. The molecule has 0 aliphatic rings. The number of sulfone groups is 1. The number of phenolic OH excluding ortho intramolecular Hbond substituents is 1. The number of nitrogens with zero attached hydrogens (tertiary/aromatic N) is 1. The van der Waals surface area contributed by atoms with Gasteiger partial charge in [-0.15, -0.1) is 0 Å². The minimum Gasteiger partial charge on any atom is -0.506 e. The Labute approximate surface area is 236 Å². The Morgan fingerprint density at radius 3 is 1.55 bits per heavy atom. The topological polar surface area (TPSA) is 126 Å². The number of aromatic hydroxyl groups is 1. The molecule has 5 aromatic rings. The van der Waals surface area contributed by atoms with E-state index in [4.69, 9.17) is 11.6 Å². The molecule has 1 N–H and O–H groups in total. The molecule has 0 aliphatic carbocycles. The van der Waals surface area contributed by atoms with Gasteiger partial charge < -0.3 is 5.11 Å². The first-order valence-electron chi connectivity index (χ1n) is 11.6. The van der Waals surface area contributed by atoms with Crippen LogP contribution < -0.4 is 3.71 Å². The van der Waals surface area contributed by atoms with Gasteiger partial charge in [0.05, 0.1) is 20.4 Å². The first-order chi connectivity index (χ1) is 19.0. The fraction of sp³-hybridized carbons (Fsp3) is 0. The zero-order valence-electron chi connectivity index (χ0n) is 20.4. The van der Waals surface area contributed by atoms with Gasteiger partial charge in [0.2, 0.25) is 9.84 Å². The second kappa shape index (κ2) is 10.3. The van der Waals surface area contributed by atoms with Crippen LogP contribution in [-0.4, -0.2) is 30.4 Å². The van der Waals surface area contributed by atoms with E-state index in [1.807, 2.05) is 0 Å². The van der Waals surface area contributed by atoms with Crippen molar-refractivity contribution in [1.29, 1.82) is 0 Å². The molecular formula is C28H20ClNO7S3. The Morgan fingerprint density at radius 1 is 0.550 bits per heavy atom. The third kappa shape index (κ3) is 4.71. The molecule has 0 spiro atoms. The van der Waals surface area contributed by atoms with Gasteiger partial charge in [0, 0.05) is 15.8 Å². The van der Waals surface area contributed by atoms with Crippen molar-refractivity contribution < 1.29 is 30.4 Å². The third-order valence-corrected chi connectivity index (χ3v) is 12.3. The maximum Gasteiger partial charge on any atom is 0.277 e. The van der Waals surface area contributed by atoms with Crippen molar-refractivity contribution in [1.82, 2.24) is 0 Å². The third-order valence-electron chi connectivity index (χ3n) is 6.09. The molecule has 0 heterocycles. The summed E-state index contributed by atoms with van der Waals surface area (Å²) in [7, 11) is -14.2. The standard InChI is InChI=1S/C28H20ClNO7S3/c29-20-15-17-23(18-16-20)40(36,37)30(39(34,35)22-11-5-2-6-12-22)26-19-27(28(31)25-14-8-7-13-24(25)26)38(32,33)21-9-3-1-4-10-21/h1-19,31H. The summed E-state index contributed by atoms with van der Waals surface area (Å²) in [6.45, 7) is 0. The molecule has 12 heteroatoms. The largest absolute Gasteiger partial charge is 0.506 e. The fourth-order valence-corrected chi connectivity index (χ4v) is 9.44. The zero-order valence-corrected chi connectivity index (χ0v) is 23.6. The number of benzene rings is 5. The first kappa shape index (κ1) is 27.7. The van der Waals surface area contributed by atoms with E-state index in [2.05, 4.69) is 0 Å². The van der Waals surface area contributed by atoms with Gasteiger partial charge in [-0.3, -0.25) is 0 Å². The Balaban J connectivity index is 1.91. The van der Waals surface area contributed by atoms with E-state index in [1.54, 1.807) is 12.1 Å². The maximum absolute atomic E-state index is 14.1. The van der Waals surface area contributed by atoms with Gasteiger partial charge in [-0.05, 0) is 54.6 Å². The number of sulfonamides is 2. The van der Waals surface area contributed by atoms with Crippen LogP contribution in [0.25, 0.3) is 10.8 Å². The van der Waals surface area contributed by atoms with Gasteiger partial charge in [0.25, 0.3) is 20.0 Å². The van der Waals surface area contributed by atoms with E-state index >= 15 is 0 Å². The molecule has 0 saturated heterocycles. The van der Waals surface area contributed by atoms with Crippen LogP contribution >= 0.6 is 11.6 Å². The molecule has 5 rings (SSSR count). The van der Waals surface area contributed by atoms with Gasteiger partial charge >= 0.3 is 0 Å². The van der Waals surface area contributed by atoms with E-state index < -0.39 is 51.1 Å². The Kier molecular flexibility index (Phi) is 7.09. The maximum atomic E-state index is 14.1. The predicted octanol–water partition coefficient (Wildman–Crippen LogP) is 5.62. The second-order valence-electron chi connectivity index (χ2n) is 8.58. The van der Waals surface area contributed by atoms with Crippen LogP contribution in [0.5, 0.6) is 5.75 Å². The van der Waals surface area contributed by atoms with Gasteiger partial charge in [-0.2, -0.15) is 3.71 Å². The molecule has 0 fully saturated rings. The summed E-state index contributed by atoms with van der Waals surface area (Å²) in [6.07, 6.45) is 0. The van der Waals surface area contributed by atoms with Crippen LogP contribution in [-0.2, 0) is 29.9 Å². The monoisotopic (exact) mass is 613 g/mol. The number of rotatable bonds is 7. The second-order valence-corrected chi connectivity index (χ2v) is 14.7. The van der Waals surface area contributed by atoms with Crippen molar-refractivity contribution >= 4 is 57.9 Å². The normalized spacial score (nSPS) is 12.3. The molecule has 0 aliphatic heterocycles. The summed E-state index contributed by atoms with van der Waals surface area (Å²) >= 11 is 5.95. The first-order valence-corrected chi connectivity index (χ1v) is 16.4. The number of fused-ring (bicyclic) bond motifs is 1. The van der Waals surface area contributed by atoms with E-state index in [1.165, 1.54) is 84.9 Å². The summed E-state index contributed by atoms with van der Waals surface area (Å²) in [5.41, 5.74) is -0.485. The number of hydrogen-bond donors (Lipinski definition) is 1. The summed E-state index contributed by atoms with van der Waals surface area (Å²) < 4.78 is 83.9. The van der Waals surface area contributed by atoms with Gasteiger partial charge in [-0.1, -0.05) is 72.3 Å². The lowest BCUT2D eigenvalue weighted by Gasteiger charge is -2.26. The zero-order chi connectivity index (χ0) is 28.7. The van der Waals surface area contributed by atoms with Crippen LogP contribution in [0.1, 0.15) is 0 Å². The Morgan fingerprint density at radius 2 is 1.00 bits per heavy atom. The van der Waals surface area contributed by atoms with Crippen LogP contribution in [0.2, 0.25) is 5.02 Å². The lowest BCUT2D eigenvalue weighted by Crippen LogP contribution is -2.37. The predicted molar refractivity (Wildman–Crippen MR) is 152 cm³/mol. The van der Waals surface area contributed by atoms with E-state index in [9.17, 15) is 30.4 Å². The number of hydrogen-bond acceptors (Lipinski definition) is 7. The highest BCUT2D eigenvalue weighted by molar-refractivity contribution is 8.10. The summed E-state index contributed by atoms with van der Waals surface area (Å²) in [4.78, 5) is -1.59. The Hall–Kier alpha value is -3.90. The highest BCUT2D eigenvalue weighted by Crippen LogP contribution is 2.44. The summed E-state index contributed by atoms with van der Waals surface area (Å²) in [6, 6.07) is 25.6. The average molecular weight is 614 g/mol. The number of phenols is 1. The minimum absolute atomic E-state index is 0.0101. The van der Waals surface area contributed by atoms with Crippen molar-refractivity contribution in [3.05, 3.63) is 120 Å². The molecule has 5 aromatic carbocycles. The van der Waals surface area contributed by atoms with E-state index in [0.29, 0.717) is 0 Å². The van der Waals surface area contributed by atoms with E-state index in [0.717, 1.165) is 18.2 Å². The van der Waals surface area contributed by atoms with Gasteiger partial charge in [0.15, 0.2) is 0 Å². The van der Waals surface area contributed by atoms with Crippen LogP contribution in [0, 0.1) is 0 Å². The molecule has 0 aromatic heterocycles. The summed E-state index contributed by atoms with van der Waals surface area (Å²) in [5.74, 6) is -0.649. The van der Waals surface area contributed by atoms with E-state index in [-0.39, 0.29) is 29.3 Å². The molecule has 0 amide bonds. The quantitative estimate of drug-likeness (QED) is 0.253. The van der Waals surface area contributed by atoms with Crippen molar-refractivity contribution in [2.75, 3.05) is 3.71 Å². The van der Waals surface area contributed by atoms with Crippen LogP contribution in [0.3, 0.4) is 0 Å². The summed E-state index contributed by atoms with van der Waals surface area (Å²) in [5, 5.41) is 11.3. The average Bonchev–Trinajstić information content (AvgIpc) is 2.95. The molecule has 204 valence electrons. The lowest BCUT2D eigenvalue weighted by atomic mass is 10.1. The SMILES string of the molecule is O=S(=O)(c1ccccc1)c1cc(N(S(=O)(=O)c2ccccc2)S(=O)(=O)c2ccc(Cl)cc2)c2ccccc2c1O. The Bertz CT molecular complexity index is 2050.